The number of hydrogen-bond acceptors (Lipinski definition) is 3. The van der Waals surface area contributed by atoms with Crippen molar-refractivity contribution in [3.05, 3.63) is 35.9 Å². The van der Waals surface area contributed by atoms with Crippen molar-refractivity contribution in [1.29, 1.82) is 0 Å². The van der Waals surface area contributed by atoms with Gasteiger partial charge in [-0.3, -0.25) is 4.79 Å². The smallest absolute Gasteiger partial charge is 0.244 e. The zero-order valence-corrected chi connectivity index (χ0v) is 10.7. The largest absolute Gasteiger partial charge is 0.375 e. The summed E-state index contributed by atoms with van der Waals surface area (Å²) in [5, 5.41) is 0. The summed E-state index contributed by atoms with van der Waals surface area (Å²) in [6.07, 6.45) is 1.07. The minimum Gasteiger partial charge on any atom is -0.375 e. The number of carbonyl (C=O) groups excluding carboxylic acids is 1. The molecule has 0 unspecified atom stereocenters. The third kappa shape index (κ3) is 2.89. The lowest BCUT2D eigenvalue weighted by molar-refractivity contribution is -0.140. The van der Waals surface area contributed by atoms with Gasteiger partial charge in [-0.2, -0.15) is 0 Å². The fraction of sp³-hybridized carbons (Fsp3) is 0.500. The maximum absolute atomic E-state index is 12.3. The van der Waals surface area contributed by atoms with Gasteiger partial charge in [0.1, 0.15) is 6.04 Å². The van der Waals surface area contributed by atoms with Gasteiger partial charge >= 0.3 is 0 Å². The molecule has 0 saturated carbocycles. The van der Waals surface area contributed by atoms with E-state index in [0.717, 1.165) is 12.0 Å². The maximum atomic E-state index is 12.3. The molecule has 1 heterocycles. The second kappa shape index (κ2) is 5.98. The lowest BCUT2D eigenvalue weighted by atomic mass is 10.1. The van der Waals surface area contributed by atoms with E-state index >= 15 is 0 Å². The highest BCUT2D eigenvalue weighted by Crippen LogP contribution is 2.16. The quantitative estimate of drug-likeness (QED) is 0.878. The molecular formula is C14H20N2O2. The molecule has 2 rings (SSSR count). The van der Waals surface area contributed by atoms with Gasteiger partial charge in [-0.25, -0.2) is 0 Å². The van der Waals surface area contributed by atoms with E-state index in [0.29, 0.717) is 19.7 Å². The van der Waals surface area contributed by atoms with Gasteiger partial charge in [0.2, 0.25) is 5.91 Å². The Labute approximate surface area is 108 Å². The van der Waals surface area contributed by atoms with Crippen LogP contribution in [0.25, 0.3) is 0 Å². The van der Waals surface area contributed by atoms with E-state index in [9.17, 15) is 4.79 Å². The summed E-state index contributed by atoms with van der Waals surface area (Å²) < 4.78 is 5.56. The third-order valence-electron chi connectivity index (χ3n) is 3.33. The number of rotatable bonds is 3. The van der Waals surface area contributed by atoms with Gasteiger partial charge in [-0.15, -0.1) is 0 Å². The van der Waals surface area contributed by atoms with Crippen LogP contribution < -0.4 is 5.73 Å². The summed E-state index contributed by atoms with van der Waals surface area (Å²) in [7, 11) is 0. The van der Waals surface area contributed by atoms with Crippen molar-refractivity contribution in [2.24, 2.45) is 5.73 Å². The van der Waals surface area contributed by atoms with Gasteiger partial charge < -0.3 is 15.4 Å². The summed E-state index contributed by atoms with van der Waals surface area (Å²) in [6, 6.07) is 8.93. The Morgan fingerprint density at radius 1 is 1.50 bits per heavy atom. The third-order valence-corrected chi connectivity index (χ3v) is 3.33. The van der Waals surface area contributed by atoms with Crippen LogP contribution in [0.3, 0.4) is 0 Å². The number of morpholine rings is 1. The molecule has 0 aromatic heterocycles. The Kier molecular flexibility index (Phi) is 4.33. The number of ether oxygens (including phenoxy) is 1. The van der Waals surface area contributed by atoms with E-state index in [-0.39, 0.29) is 12.0 Å². The van der Waals surface area contributed by atoms with Crippen molar-refractivity contribution >= 4 is 5.91 Å². The van der Waals surface area contributed by atoms with Crippen molar-refractivity contribution in [3.8, 4) is 0 Å². The van der Waals surface area contributed by atoms with E-state index in [2.05, 4.69) is 6.92 Å². The molecule has 18 heavy (non-hydrogen) atoms. The Bertz CT molecular complexity index is 394. The molecule has 1 aliphatic heterocycles. The molecule has 4 nitrogen and oxygen atoms in total. The minimum atomic E-state index is -0.568. The molecule has 0 radical (unpaired) electrons. The molecular weight excluding hydrogens is 228 g/mol. The highest BCUT2D eigenvalue weighted by atomic mass is 16.5. The van der Waals surface area contributed by atoms with Crippen molar-refractivity contribution in [2.45, 2.75) is 25.5 Å². The highest BCUT2D eigenvalue weighted by molar-refractivity contribution is 5.83. The minimum absolute atomic E-state index is 0.0112. The summed E-state index contributed by atoms with van der Waals surface area (Å²) in [5.74, 6) is -0.0112. The van der Waals surface area contributed by atoms with E-state index in [1.165, 1.54) is 0 Å². The van der Waals surface area contributed by atoms with Crippen molar-refractivity contribution < 1.29 is 9.53 Å². The Balaban J connectivity index is 2.02. The monoisotopic (exact) mass is 248 g/mol. The molecule has 1 aromatic rings. The van der Waals surface area contributed by atoms with Crippen LogP contribution >= 0.6 is 0 Å². The summed E-state index contributed by atoms with van der Waals surface area (Å²) >= 11 is 0. The Morgan fingerprint density at radius 2 is 2.22 bits per heavy atom. The van der Waals surface area contributed by atoms with Crippen LogP contribution in [0.1, 0.15) is 24.9 Å². The summed E-state index contributed by atoms with van der Waals surface area (Å²) in [6.45, 7) is 3.95. The zero-order chi connectivity index (χ0) is 13.0. The summed E-state index contributed by atoms with van der Waals surface area (Å²) in [5.41, 5.74) is 6.89. The van der Waals surface area contributed by atoms with Crippen LogP contribution in [0.2, 0.25) is 0 Å². The number of nitrogens with two attached hydrogens (primary N) is 1. The molecule has 0 bridgehead atoms. The van der Waals surface area contributed by atoms with Crippen LogP contribution in [-0.2, 0) is 9.53 Å². The molecule has 0 aliphatic carbocycles. The fourth-order valence-corrected chi connectivity index (χ4v) is 2.17. The Morgan fingerprint density at radius 3 is 2.89 bits per heavy atom. The molecule has 0 spiro atoms. The topological polar surface area (TPSA) is 55.6 Å². The van der Waals surface area contributed by atoms with Crippen LogP contribution in [0, 0.1) is 0 Å². The standard InChI is InChI=1S/C14H20N2O2/c1-2-12-10-16(8-9-18-12)14(17)13(15)11-6-4-3-5-7-11/h3-7,12-13H,2,8-10,15H2,1H3/t12-,13-/m1/s1. The van der Waals surface area contributed by atoms with Crippen LogP contribution in [0.15, 0.2) is 30.3 Å². The normalized spacial score (nSPS) is 21.7. The van der Waals surface area contributed by atoms with Crippen molar-refractivity contribution in [3.63, 3.8) is 0 Å². The molecule has 4 heteroatoms. The van der Waals surface area contributed by atoms with Gasteiger partial charge in [0.05, 0.1) is 12.7 Å². The van der Waals surface area contributed by atoms with Gasteiger partial charge in [0.25, 0.3) is 0 Å². The fourth-order valence-electron chi connectivity index (χ4n) is 2.17. The number of benzene rings is 1. The first kappa shape index (κ1) is 13.1. The number of amides is 1. The van der Waals surface area contributed by atoms with Gasteiger partial charge in [-0.05, 0) is 12.0 Å². The van der Waals surface area contributed by atoms with E-state index in [1.807, 2.05) is 35.2 Å². The van der Waals surface area contributed by atoms with Crippen molar-refractivity contribution in [1.82, 2.24) is 4.90 Å². The maximum Gasteiger partial charge on any atom is 0.244 e. The molecule has 2 N–H and O–H groups in total. The Hall–Kier alpha value is -1.39. The molecule has 1 amide bonds. The zero-order valence-electron chi connectivity index (χ0n) is 10.7. The molecule has 1 aromatic carbocycles. The predicted molar refractivity (Wildman–Crippen MR) is 70.0 cm³/mol. The van der Waals surface area contributed by atoms with Crippen LogP contribution in [0.4, 0.5) is 0 Å². The first-order valence-corrected chi connectivity index (χ1v) is 6.43. The van der Waals surface area contributed by atoms with E-state index in [4.69, 9.17) is 10.5 Å². The van der Waals surface area contributed by atoms with E-state index in [1.54, 1.807) is 0 Å². The molecule has 1 saturated heterocycles. The number of carbonyl (C=O) groups is 1. The second-order valence-electron chi connectivity index (χ2n) is 4.57. The molecule has 1 fully saturated rings. The molecule has 2 atom stereocenters. The number of nitrogens with zero attached hydrogens (tertiary/aromatic N) is 1. The molecule has 98 valence electrons. The SMILES string of the molecule is CC[C@@H]1CN(C(=O)[C@H](N)c2ccccc2)CCO1. The van der Waals surface area contributed by atoms with Crippen LogP contribution in [-0.4, -0.2) is 36.6 Å². The first-order chi connectivity index (χ1) is 8.72. The van der Waals surface area contributed by atoms with E-state index < -0.39 is 6.04 Å². The van der Waals surface area contributed by atoms with Gasteiger partial charge in [0, 0.05) is 13.1 Å². The second-order valence-corrected chi connectivity index (χ2v) is 4.57. The lowest BCUT2D eigenvalue weighted by Gasteiger charge is -2.34. The van der Waals surface area contributed by atoms with Crippen molar-refractivity contribution in [2.75, 3.05) is 19.7 Å². The average molecular weight is 248 g/mol. The summed E-state index contributed by atoms with van der Waals surface area (Å²) in [4.78, 5) is 14.1. The van der Waals surface area contributed by atoms with Gasteiger partial charge in [-0.1, -0.05) is 37.3 Å². The lowest BCUT2D eigenvalue weighted by Crippen LogP contribution is -2.48. The van der Waals surface area contributed by atoms with Crippen LogP contribution in [0.5, 0.6) is 0 Å². The molecule has 1 aliphatic rings. The highest BCUT2D eigenvalue weighted by Gasteiger charge is 2.27. The predicted octanol–water partition coefficient (Wildman–Crippen LogP) is 1.32. The average Bonchev–Trinajstić information content (AvgIpc) is 2.46. The van der Waals surface area contributed by atoms with Gasteiger partial charge in [0.15, 0.2) is 0 Å². The number of hydrogen-bond donors (Lipinski definition) is 1. The first-order valence-electron chi connectivity index (χ1n) is 6.43.